The lowest BCUT2D eigenvalue weighted by molar-refractivity contribution is 0.0220. The third-order valence-electron chi connectivity index (χ3n) is 2.74. The highest BCUT2D eigenvalue weighted by atomic mass is 16.6. The molecule has 19 heavy (non-hydrogen) atoms. The summed E-state index contributed by atoms with van der Waals surface area (Å²) in [6.45, 7) is 5.60. The number of amides is 1. The van der Waals surface area contributed by atoms with E-state index in [-0.39, 0.29) is 24.6 Å². The maximum absolute atomic E-state index is 11.9. The number of nitrogens with zero attached hydrogens (tertiary/aromatic N) is 1. The van der Waals surface area contributed by atoms with Crippen molar-refractivity contribution in [1.82, 2.24) is 4.90 Å². The van der Waals surface area contributed by atoms with Gasteiger partial charge >= 0.3 is 6.09 Å². The van der Waals surface area contributed by atoms with E-state index in [1.54, 1.807) is 26.8 Å². The largest absolute Gasteiger partial charge is 0.508 e. The van der Waals surface area contributed by atoms with Gasteiger partial charge in [-0.05, 0) is 44.5 Å². The average molecular weight is 263 g/mol. The van der Waals surface area contributed by atoms with Crippen LogP contribution in [-0.2, 0) is 11.3 Å². The number of fused-ring (bicyclic) bond motifs is 1. The fourth-order valence-corrected chi connectivity index (χ4v) is 1.96. The number of Topliss-reactive ketones (excluding diaryl/α,β-unsaturated/α-hetero) is 1. The number of phenolic OH excluding ortho intramolecular Hbond substituents is 1. The summed E-state index contributed by atoms with van der Waals surface area (Å²) in [5, 5.41) is 9.44. The van der Waals surface area contributed by atoms with E-state index in [2.05, 4.69) is 0 Å². The standard InChI is InChI=1S/C14H17NO4/c1-14(2,3)19-13(18)15-7-9-6-10(16)4-5-11(9)12(17)8-15/h4-6,16H,7-8H2,1-3H3. The number of ether oxygens (including phenoxy) is 1. The Balaban J connectivity index is 2.21. The Morgan fingerprint density at radius 1 is 1.32 bits per heavy atom. The van der Waals surface area contributed by atoms with Crippen molar-refractivity contribution >= 4 is 11.9 Å². The summed E-state index contributed by atoms with van der Waals surface area (Å²) >= 11 is 0. The van der Waals surface area contributed by atoms with Crippen LogP contribution in [0.2, 0.25) is 0 Å². The van der Waals surface area contributed by atoms with Gasteiger partial charge in [-0.1, -0.05) is 0 Å². The van der Waals surface area contributed by atoms with Crippen LogP contribution < -0.4 is 0 Å². The third-order valence-corrected chi connectivity index (χ3v) is 2.74. The van der Waals surface area contributed by atoms with Crippen LogP contribution >= 0.6 is 0 Å². The van der Waals surface area contributed by atoms with Crippen molar-refractivity contribution in [3.8, 4) is 5.75 Å². The quantitative estimate of drug-likeness (QED) is 0.780. The second-order valence-corrected chi connectivity index (χ2v) is 5.60. The molecule has 0 saturated carbocycles. The number of carbonyl (C=O) groups is 2. The minimum atomic E-state index is -0.598. The Hall–Kier alpha value is -2.04. The molecular formula is C14H17NO4. The molecule has 0 aromatic heterocycles. The van der Waals surface area contributed by atoms with E-state index in [0.29, 0.717) is 11.1 Å². The predicted octanol–water partition coefficient (Wildman–Crippen LogP) is 2.33. The molecule has 1 aromatic rings. The van der Waals surface area contributed by atoms with Crippen LogP contribution in [0.25, 0.3) is 0 Å². The van der Waals surface area contributed by atoms with Crippen molar-refractivity contribution in [3.05, 3.63) is 29.3 Å². The smallest absolute Gasteiger partial charge is 0.411 e. The third kappa shape index (κ3) is 3.05. The molecule has 1 heterocycles. The molecule has 0 unspecified atom stereocenters. The Kier molecular flexibility index (Phi) is 3.22. The number of hydrogen-bond acceptors (Lipinski definition) is 4. The summed E-state index contributed by atoms with van der Waals surface area (Å²) in [6.07, 6.45) is -0.519. The SMILES string of the molecule is CC(C)(C)OC(=O)N1CC(=O)c2ccc(O)cc2C1. The van der Waals surface area contributed by atoms with E-state index in [1.807, 2.05) is 0 Å². The van der Waals surface area contributed by atoms with Gasteiger partial charge in [0.05, 0.1) is 13.1 Å². The molecule has 2 rings (SSSR count). The monoisotopic (exact) mass is 263 g/mol. The zero-order chi connectivity index (χ0) is 14.2. The molecule has 0 bridgehead atoms. The molecule has 1 amide bonds. The van der Waals surface area contributed by atoms with Gasteiger partial charge in [0.25, 0.3) is 0 Å². The summed E-state index contributed by atoms with van der Waals surface area (Å²) < 4.78 is 5.24. The number of phenols is 1. The van der Waals surface area contributed by atoms with E-state index < -0.39 is 11.7 Å². The van der Waals surface area contributed by atoms with Crippen LogP contribution in [0.15, 0.2) is 18.2 Å². The minimum Gasteiger partial charge on any atom is -0.508 e. The summed E-state index contributed by atoms with van der Waals surface area (Å²) in [6, 6.07) is 4.56. The number of benzene rings is 1. The first kappa shape index (κ1) is 13.4. The molecule has 1 aliphatic rings. The van der Waals surface area contributed by atoms with Gasteiger partial charge in [0.15, 0.2) is 5.78 Å². The molecule has 5 nitrogen and oxygen atoms in total. The van der Waals surface area contributed by atoms with Crippen molar-refractivity contribution < 1.29 is 19.4 Å². The molecule has 0 atom stereocenters. The second kappa shape index (κ2) is 4.57. The molecular weight excluding hydrogens is 246 g/mol. The van der Waals surface area contributed by atoms with Gasteiger partial charge < -0.3 is 9.84 Å². The van der Waals surface area contributed by atoms with Gasteiger partial charge in [-0.3, -0.25) is 9.69 Å². The van der Waals surface area contributed by atoms with Gasteiger partial charge in [-0.15, -0.1) is 0 Å². The number of ketones is 1. The molecule has 102 valence electrons. The number of hydrogen-bond donors (Lipinski definition) is 1. The van der Waals surface area contributed by atoms with E-state index >= 15 is 0 Å². The number of carbonyl (C=O) groups excluding carboxylic acids is 2. The lowest BCUT2D eigenvalue weighted by Gasteiger charge is -2.30. The van der Waals surface area contributed by atoms with Gasteiger partial charge in [0, 0.05) is 5.56 Å². The van der Waals surface area contributed by atoms with Crippen molar-refractivity contribution in [1.29, 1.82) is 0 Å². The van der Waals surface area contributed by atoms with E-state index in [4.69, 9.17) is 4.74 Å². The van der Waals surface area contributed by atoms with Crippen molar-refractivity contribution in [2.75, 3.05) is 6.54 Å². The normalized spacial score (nSPS) is 15.1. The summed E-state index contributed by atoms with van der Waals surface area (Å²) in [4.78, 5) is 25.2. The Labute approximate surface area is 111 Å². The van der Waals surface area contributed by atoms with Crippen LogP contribution in [0.4, 0.5) is 4.79 Å². The van der Waals surface area contributed by atoms with E-state index in [1.165, 1.54) is 17.0 Å². The van der Waals surface area contributed by atoms with Crippen molar-refractivity contribution in [3.63, 3.8) is 0 Å². The highest BCUT2D eigenvalue weighted by Gasteiger charge is 2.29. The molecule has 0 aliphatic carbocycles. The fraction of sp³-hybridized carbons (Fsp3) is 0.429. The average Bonchev–Trinajstić information content (AvgIpc) is 2.25. The first-order valence-corrected chi connectivity index (χ1v) is 6.09. The molecule has 0 fully saturated rings. The van der Waals surface area contributed by atoms with Crippen LogP contribution in [0.3, 0.4) is 0 Å². The maximum Gasteiger partial charge on any atom is 0.411 e. The van der Waals surface area contributed by atoms with Gasteiger partial charge in [-0.25, -0.2) is 4.79 Å². The summed E-state index contributed by atoms with van der Waals surface area (Å²) in [5.41, 5.74) is 0.596. The topological polar surface area (TPSA) is 66.8 Å². The Bertz CT molecular complexity index is 531. The Morgan fingerprint density at radius 2 is 2.00 bits per heavy atom. The van der Waals surface area contributed by atoms with Crippen molar-refractivity contribution in [2.45, 2.75) is 32.9 Å². The summed E-state index contributed by atoms with van der Waals surface area (Å²) in [5.74, 6) is -0.0651. The first-order valence-electron chi connectivity index (χ1n) is 6.09. The molecule has 0 spiro atoms. The molecule has 0 radical (unpaired) electrons. The number of aromatic hydroxyl groups is 1. The van der Waals surface area contributed by atoms with E-state index in [9.17, 15) is 14.7 Å². The number of rotatable bonds is 0. The van der Waals surface area contributed by atoms with Crippen LogP contribution in [0, 0.1) is 0 Å². The molecule has 1 aromatic carbocycles. The highest BCUT2D eigenvalue weighted by molar-refractivity contribution is 6.01. The minimum absolute atomic E-state index is 0.00664. The maximum atomic E-state index is 11.9. The molecule has 5 heteroatoms. The molecule has 1 N–H and O–H groups in total. The zero-order valence-electron chi connectivity index (χ0n) is 11.3. The van der Waals surface area contributed by atoms with Gasteiger partial charge in [0.1, 0.15) is 11.4 Å². The Morgan fingerprint density at radius 3 is 2.63 bits per heavy atom. The van der Waals surface area contributed by atoms with Crippen LogP contribution in [0.5, 0.6) is 5.75 Å². The summed E-state index contributed by atoms with van der Waals surface area (Å²) in [7, 11) is 0. The molecule has 1 aliphatic heterocycles. The van der Waals surface area contributed by atoms with Crippen molar-refractivity contribution in [2.24, 2.45) is 0 Å². The van der Waals surface area contributed by atoms with Gasteiger partial charge in [0.2, 0.25) is 0 Å². The zero-order valence-corrected chi connectivity index (χ0v) is 11.3. The first-order chi connectivity index (χ1) is 8.76. The second-order valence-electron chi connectivity index (χ2n) is 5.60. The lowest BCUT2D eigenvalue weighted by Crippen LogP contribution is -2.42. The highest BCUT2D eigenvalue weighted by Crippen LogP contribution is 2.24. The lowest BCUT2D eigenvalue weighted by atomic mass is 9.99. The van der Waals surface area contributed by atoms with Gasteiger partial charge in [-0.2, -0.15) is 0 Å². The predicted molar refractivity (Wildman–Crippen MR) is 69.1 cm³/mol. The molecule has 0 saturated heterocycles. The van der Waals surface area contributed by atoms with E-state index in [0.717, 1.165) is 0 Å². The van der Waals surface area contributed by atoms with Crippen LogP contribution in [-0.4, -0.2) is 34.0 Å². The van der Waals surface area contributed by atoms with Crippen LogP contribution in [0.1, 0.15) is 36.7 Å². The fourth-order valence-electron chi connectivity index (χ4n) is 1.96.